The van der Waals surface area contributed by atoms with E-state index in [-0.39, 0.29) is 5.78 Å². The number of rotatable bonds is 5. The molecule has 0 aromatic heterocycles. The van der Waals surface area contributed by atoms with E-state index in [4.69, 9.17) is 4.74 Å². The van der Waals surface area contributed by atoms with E-state index in [1.54, 1.807) is 0 Å². The molecule has 66 valence electrons. The predicted octanol–water partition coefficient (Wildman–Crippen LogP) is 2.17. The highest BCUT2D eigenvalue weighted by Gasteiger charge is 2.29. The van der Waals surface area contributed by atoms with Crippen molar-refractivity contribution in [3.05, 3.63) is 0 Å². The molecule has 0 bridgehead atoms. The Morgan fingerprint density at radius 2 is 1.91 bits per heavy atom. The van der Waals surface area contributed by atoms with Gasteiger partial charge in [0.05, 0.1) is 0 Å². The molecule has 0 aliphatic rings. The standard InChI is InChI=1S/C9H18O2/c1-5-8(10)9(4,6-2)11-7-3/h5-7H2,1-4H3. The molecular weight excluding hydrogens is 140 g/mol. The Morgan fingerprint density at radius 3 is 2.18 bits per heavy atom. The van der Waals surface area contributed by atoms with E-state index in [0.29, 0.717) is 13.0 Å². The van der Waals surface area contributed by atoms with Crippen LogP contribution in [-0.4, -0.2) is 18.0 Å². The smallest absolute Gasteiger partial charge is 0.164 e. The van der Waals surface area contributed by atoms with E-state index in [9.17, 15) is 4.79 Å². The minimum atomic E-state index is -0.538. The number of ketones is 1. The largest absolute Gasteiger partial charge is 0.368 e. The van der Waals surface area contributed by atoms with Crippen LogP contribution in [0.4, 0.5) is 0 Å². The molecule has 0 heterocycles. The van der Waals surface area contributed by atoms with Crippen LogP contribution in [0.15, 0.2) is 0 Å². The molecule has 0 rings (SSSR count). The average Bonchev–Trinajstić information content (AvgIpc) is 2.03. The monoisotopic (exact) mass is 158 g/mol. The van der Waals surface area contributed by atoms with Gasteiger partial charge in [0.1, 0.15) is 5.60 Å². The van der Waals surface area contributed by atoms with Crippen molar-refractivity contribution < 1.29 is 9.53 Å². The van der Waals surface area contributed by atoms with Crippen LogP contribution >= 0.6 is 0 Å². The van der Waals surface area contributed by atoms with Crippen molar-refractivity contribution in [3.8, 4) is 0 Å². The third kappa shape index (κ3) is 2.62. The molecule has 0 spiro atoms. The van der Waals surface area contributed by atoms with Gasteiger partial charge in [0.2, 0.25) is 0 Å². The van der Waals surface area contributed by atoms with Crippen LogP contribution in [0.3, 0.4) is 0 Å². The Hall–Kier alpha value is -0.370. The highest BCUT2D eigenvalue weighted by atomic mass is 16.5. The first kappa shape index (κ1) is 10.6. The van der Waals surface area contributed by atoms with E-state index in [2.05, 4.69) is 0 Å². The molecular formula is C9H18O2. The zero-order valence-corrected chi connectivity index (χ0v) is 7.94. The highest BCUT2D eigenvalue weighted by Crippen LogP contribution is 2.17. The van der Waals surface area contributed by atoms with Gasteiger partial charge in [0.15, 0.2) is 5.78 Å². The summed E-state index contributed by atoms with van der Waals surface area (Å²) in [6.45, 7) is 8.23. The maximum Gasteiger partial charge on any atom is 0.164 e. The summed E-state index contributed by atoms with van der Waals surface area (Å²) in [5.74, 6) is 0.196. The maximum absolute atomic E-state index is 11.3. The number of carbonyl (C=O) groups excluding carboxylic acids is 1. The van der Waals surface area contributed by atoms with Gasteiger partial charge in [0.25, 0.3) is 0 Å². The number of ether oxygens (including phenoxy) is 1. The topological polar surface area (TPSA) is 26.3 Å². The second kappa shape index (κ2) is 4.50. The summed E-state index contributed by atoms with van der Waals surface area (Å²) < 4.78 is 5.38. The Bertz CT molecular complexity index is 132. The van der Waals surface area contributed by atoms with Crippen LogP contribution in [0.1, 0.15) is 40.5 Å². The molecule has 0 N–H and O–H groups in total. The lowest BCUT2D eigenvalue weighted by molar-refractivity contribution is -0.142. The number of carbonyl (C=O) groups is 1. The van der Waals surface area contributed by atoms with Crippen LogP contribution < -0.4 is 0 Å². The summed E-state index contributed by atoms with van der Waals surface area (Å²) in [5.41, 5.74) is -0.538. The van der Waals surface area contributed by atoms with Crippen LogP contribution in [0.2, 0.25) is 0 Å². The first-order valence-electron chi connectivity index (χ1n) is 4.28. The van der Waals surface area contributed by atoms with Crippen molar-refractivity contribution in [2.75, 3.05) is 6.61 Å². The minimum absolute atomic E-state index is 0.196. The van der Waals surface area contributed by atoms with Crippen LogP contribution in [0.25, 0.3) is 0 Å². The molecule has 0 radical (unpaired) electrons. The summed E-state index contributed by atoms with van der Waals surface area (Å²) in [6.07, 6.45) is 1.32. The quantitative estimate of drug-likeness (QED) is 0.613. The van der Waals surface area contributed by atoms with Crippen LogP contribution in [-0.2, 0) is 9.53 Å². The van der Waals surface area contributed by atoms with Gasteiger partial charge in [-0.3, -0.25) is 4.79 Å². The summed E-state index contributed by atoms with van der Waals surface area (Å²) in [5, 5.41) is 0. The summed E-state index contributed by atoms with van der Waals surface area (Å²) in [4.78, 5) is 11.3. The molecule has 1 atom stereocenters. The predicted molar refractivity (Wildman–Crippen MR) is 45.6 cm³/mol. The van der Waals surface area contributed by atoms with E-state index in [1.165, 1.54) is 0 Å². The fourth-order valence-corrected chi connectivity index (χ4v) is 1.07. The summed E-state index contributed by atoms with van der Waals surface area (Å²) in [7, 11) is 0. The highest BCUT2D eigenvalue weighted by molar-refractivity contribution is 5.86. The lowest BCUT2D eigenvalue weighted by Crippen LogP contribution is -2.37. The first-order valence-corrected chi connectivity index (χ1v) is 4.28. The molecule has 0 amide bonds. The van der Waals surface area contributed by atoms with Crippen molar-refractivity contribution >= 4 is 5.78 Å². The van der Waals surface area contributed by atoms with Crippen molar-refractivity contribution in [3.63, 3.8) is 0 Å². The van der Waals surface area contributed by atoms with Gasteiger partial charge >= 0.3 is 0 Å². The second-order valence-electron chi connectivity index (χ2n) is 2.79. The van der Waals surface area contributed by atoms with Crippen molar-refractivity contribution in [2.24, 2.45) is 0 Å². The molecule has 0 aromatic carbocycles. The lowest BCUT2D eigenvalue weighted by Gasteiger charge is -2.25. The molecule has 0 saturated carbocycles. The van der Waals surface area contributed by atoms with Crippen molar-refractivity contribution in [1.82, 2.24) is 0 Å². The van der Waals surface area contributed by atoms with Gasteiger partial charge in [-0.25, -0.2) is 0 Å². The van der Waals surface area contributed by atoms with Gasteiger partial charge in [-0.2, -0.15) is 0 Å². The SMILES string of the molecule is CCOC(C)(CC)C(=O)CC. The zero-order chi connectivity index (χ0) is 8.91. The molecule has 1 unspecified atom stereocenters. The molecule has 2 nitrogen and oxygen atoms in total. The zero-order valence-electron chi connectivity index (χ0n) is 7.94. The van der Waals surface area contributed by atoms with Crippen LogP contribution in [0, 0.1) is 0 Å². The third-order valence-electron chi connectivity index (χ3n) is 2.05. The van der Waals surface area contributed by atoms with Gasteiger partial charge < -0.3 is 4.74 Å². The van der Waals surface area contributed by atoms with Gasteiger partial charge in [0, 0.05) is 13.0 Å². The number of Topliss-reactive ketones (excluding diaryl/α,β-unsaturated/α-hetero) is 1. The van der Waals surface area contributed by atoms with E-state index in [1.807, 2.05) is 27.7 Å². The van der Waals surface area contributed by atoms with Gasteiger partial charge in [-0.15, -0.1) is 0 Å². The van der Waals surface area contributed by atoms with Crippen LogP contribution in [0.5, 0.6) is 0 Å². The van der Waals surface area contributed by atoms with E-state index < -0.39 is 5.60 Å². The van der Waals surface area contributed by atoms with Gasteiger partial charge in [-0.05, 0) is 20.3 Å². The lowest BCUT2D eigenvalue weighted by atomic mass is 9.96. The summed E-state index contributed by atoms with van der Waals surface area (Å²) >= 11 is 0. The van der Waals surface area contributed by atoms with E-state index in [0.717, 1.165) is 6.42 Å². The Balaban J connectivity index is 4.19. The van der Waals surface area contributed by atoms with E-state index >= 15 is 0 Å². The van der Waals surface area contributed by atoms with Crippen molar-refractivity contribution in [1.29, 1.82) is 0 Å². The molecule has 0 aliphatic heterocycles. The fraction of sp³-hybridized carbons (Fsp3) is 0.889. The molecule has 0 fully saturated rings. The molecule has 0 aliphatic carbocycles. The maximum atomic E-state index is 11.3. The molecule has 0 aromatic rings. The number of hydrogen-bond donors (Lipinski definition) is 0. The first-order chi connectivity index (χ1) is 5.10. The minimum Gasteiger partial charge on any atom is -0.368 e. The molecule has 11 heavy (non-hydrogen) atoms. The van der Waals surface area contributed by atoms with Gasteiger partial charge in [-0.1, -0.05) is 13.8 Å². The third-order valence-corrected chi connectivity index (χ3v) is 2.05. The Labute approximate surface area is 68.9 Å². The molecule has 0 saturated heterocycles. The fourth-order valence-electron chi connectivity index (χ4n) is 1.07. The number of hydrogen-bond acceptors (Lipinski definition) is 2. The second-order valence-corrected chi connectivity index (χ2v) is 2.79. The normalized spacial score (nSPS) is 16.0. The average molecular weight is 158 g/mol. The van der Waals surface area contributed by atoms with Crippen molar-refractivity contribution in [2.45, 2.75) is 46.1 Å². The molecule has 2 heteroatoms. The summed E-state index contributed by atoms with van der Waals surface area (Å²) in [6, 6.07) is 0. The Morgan fingerprint density at radius 1 is 1.36 bits per heavy atom. The Kier molecular flexibility index (Phi) is 4.34.